The average molecular weight is 472 g/mol. The fraction of sp³-hybridized carbons (Fsp3) is 0.440. The molecule has 0 fully saturated rings. The second-order valence-corrected chi connectivity index (χ2v) is 9.02. The van der Waals surface area contributed by atoms with Crippen molar-refractivity contribution in [1.29, 1.82) is 0 Å². The Morgan fingerprint density at radius 1 is 1.00 bits per heavy atom. The summed E-state index contributed by atoms with van der Waals surface area (Å²) in [5.41, 5.74) is 1.37. The Balaban J connectivity index is 1.85. The van der Waals surface area contributed by atoms with Crippen LogP contribution in [-0.2, 0) is 0 Å². The smallest absolute Gasteiger partial charge is 0.260 e. The lowest BCUT2D eigenvalue weighted by Crippen LogP contribution is -2.36. The Morgan fingerprint density at radius 3 is 2.33 bits per heavy atom. The molecule has 0 aliphatic heterocycles. The lowest BCUT2D eigenvalue weighted by molar-refractivity contribution is 0.0985. The van der Waals surface area contributed by atoms with E-state index in [4.69, 9.17) is 19.2 Å². The molecular formula is C25H33N3O4S. The van der Waals surface area contributed by atoms with E-state index in [1.54, 1.807) is 19.1 Å². The van der Waals surface area contributed by atoms with Crippen molar-refractivity contribution in [2.45, 2.75) is 26.2 Å². The highest BCUT2D eigenvalue weighted by Crippen LogP contribution is 2.37. The van der Waals surface area contributed by atoms with Gasteiger partial charge in [-0.2, -0.15) is 0 Å². The predicted molar refractivity (Wildman–Crippen MR) is 134 cm³/mol. The molecule has 0 N–H and O–H groups in total. The number of amides is 1. The number of fused-ring (bicyclic) bond motifs is 1. The van der Waals surface area contributed by atoms with Crippen LogP contribution in [0.2, 0.25) is 0 Å². The van der Waals surface area contributed by atoms with Crippen molar-refractivity contribution in [2.24, 2.45) is 0 Å². The molecule has 2 aromatic carbocycles. The maximum absolute atomic E-state index is 13.5. The standard InChI is InChI=1S/C25H33N3O4S/c1-6-7-8-15-32-19-11-9-18(10-12-19)24(29)28(14-13-27(2)3)25-26-20-16-21(30-4)22(31-5)17-23(20)33-25/h9-12,16-17H,6-8,13-15H2,1-5H3. The number of carbonyl (C=O) groups is 1. The number of aromatic nitrogens is 1. The van der Waals surface area contributed by atoms with Crippen LogP contribution in [0, 0.1) is 0 Å². The molecule has 1 amide bonds. The molecule has 8 heteroatoms. The largest absolute Gasteiger partial charge is 0.494 e. The van der Waals surface area contributed by atoms with Gasteiger partial charge in [0, 0.05) is 30.8 Å². The highest BCUT2D eigenvalue weighted by Gasteiger charge is 2.22. The second kappa shape index (κ2) is 11.9. The molecule has 0 unspecified atom stereocenters. The maximum atomic E-state index is 13.5. The van der Waals surface area contributed by atoms with Crippen LogP contribution in [0.25, 0.3) is 10.2 Å². The van der Waals surface area contributed by atoms with Gasteiger partial charge in [-0.3, -0.25) is 9.69 Å². The zero-order valence-electron chi connectivity index (χ0n) is 20.1. The molecule has 33 heavy (non-hydrogen) atoms. The number of thiazole rings is 1. The predicted octanol–water partition coefficient (Wildman–Crippen LogP) is 5.09. The zero-order chi connectivity index (χ0) is 23.8. The lowest BCUT2D eigenvalue weighted by Gasteiger charge is -2.22. The fourth-order valence-corrected chi connectivity index (χ4v) is 4.33. The molecule has 0 saturated carbocycles. The van der Waals surface area contributed by atoms with Gasteiger partial charge in [0.2, 0.25) is 0 Å². The van der Waals surface area contributed by atoms with Crippen molar-refractivity contribution in [3.8, 4) is 17.2 Å². The third-order valence-corrected chi connectivity index (χ3v) is 6.29. The number of anilines is 1. The van der Waals surface area contributed by atoms with E-state index in [1.807, 2.05) is 55.4 Å². The monoisotopic (exact) mass is 471 g/mol. The number of nitrogens with zero attached hydrogens (tertiary/aromatic N) is 3. The summed E-state index contributed by atoms with van der Waals surface area (Å²) in [5.74, 6) is 1.94. The van der Waals surface area contributed by atoms with Crippen molar-refractivity contribution < 1.29 is 19.0 Å². The molecule has 0 saturated heterocycles. The van der Waals surface area contributed by atoms with Crippen molar-refractivity contribution in [3.05, 3.63) is 42.0 Å². The summed E-state index contributed by atoms with van der Waals surface area (Å²) in [6.45, 7) is 4.09. The van der Waals surface area contributed by atoms with E-state index in [0.717, 1.165) is 35.2 Å². The van der Waals surface area contributed by atoms with E-state index in [1.165, 1.54) is 11.3 Å². The van der Waals surface area contributed by atoms with Crippen LogP contribution < -0.4 is 19.1 Å². The molecule has 3 aromatic rings. The summed E-state index contributed by atoms with van der Waals surface area (Å²) < 4.78 is 17.5. The zero-order valence-corrected chi connectivity index (χ0v) is 20.9. The first-order chi connectivity index (χ1) is 16.0. The highest BCUT2D eigenvalue weighted by molar-refractivity contribution is 7.22. The SMILES string of the molecule is CCCCCOc1ccc(C(=O)N(CCN(C)C)c2nc3cc(OC)c(OC)cc3s2)cc1. The third-order valence-electron chi connectivity index (χ3n) is 5.25. The van der Waals surface area contributed by atoms with Gasteiger partial charge in [-0.05, 0) is 44.8 Å². The Bertz CT molecular complexity index is 1010. The van der Waals surface area contributed by atoms with Crippen molar-refractivity contribution in [2.75, 3.05) is 52.9 Å². The van der Waals surface area contributed by atoms with Gasteiger partial charge in [0.1, 0.15) is 5.75 Å². The summed E-state index contributed by atoms with van der Waals surface area (Å²) in [7, 11) is 7.18. The summed E-state index contributed by atoms with van der Waals surface area (Å²) in [6, 6.07) is 11.1. The molecule has 0 spiro atoms. The Kier molecular flexibility index (Phi) is 8.91. The van der Waals surface area contributed by atoms with Gasteiger partial charge in [0.05, 0.1) is 31.0 Å². The molecular weight excluding hydrogens is 438 g/mol. The van der Waals surface area contributed by atoms with Crippen LogP contribution in [0.3, 0.4) is 0 Å². The minimum Gasteiger partial charge on any atom is -0.494 e. The Labute approximate surface area is 199 Å². The molecule has 0 radical (unpaired) electrons. The molecule has 178 valence electrons. The maximum Gasteiger partial charge on any atom is 0.260 e. The first kappa shape index (κ1) is 24.8. The number of likely N-dealkylation sites (N-methyl/N-ethyl adjacent to an activating group) is 1. The lowest BCUT2D eigenvalue weighted by atomic mass is 10.2. The molecule has 0 aliphatic rings. The van der Waals surface area contributed by atoms with Gasteiger partial charge in [0.15, 0.2) is 16.6 Å². The number of unbranched alkanes of at least 4 members (excludes halogenated alkanes) is 2. The molecule has 0 aliphatic carbocycles. The number of hydrogen-bond donors (Lipinski definition) is 0. The van der Waals surface area contributed by atoms with Crippen molar-refractivity contribution >= 4 is 32.6 Å². The van der Waals surface area contributed by atoms with Crippen molar-refractivity contribution in [1.82, 2.24) is 9.88 Å². The first-order valence-electron chi connectivity index (χ1n) is 11.2. The Morgan fingerprint density at radius 2 is 1.70 bits per heavy atom. The third kappa shape index (κ3) is 6.36. The van der Waals surface area contributed by atoms with Crippen LogP contribution in [0.4, 0.5) is 5.13 Å². The summed E-state index contributed by atoms with van der Waals surface area (Å²) in [4.78, 5) is 22.0. The van der Waals surface area contributed by atoms with E-state index < -0.39 is 0 Å². The van der Waals surface area contributed by atoms with Crippen LogP contribution in [0.15, 0.2) is 36.4 Å². The van der Waals surface area contributed by atoms with Crippen molar-refractivity contribution in [3.63, 3.8) is 0 Å². The topological polar surface area (TPSA) is 64.1 Å². The summed E-state index contributed by atoms with van der Waals surface area (Å²) in [5, 5.41) is 0.645. The molecule has 7 nitrogen and oxygen atoms in total. The number of ether oxygens (including phenoxy) is 3. The molecule has 3 rings (SSSR count). The summed E-state index contributed by atoms with van der Waals surface area (Å²) in [6.07, 6.45) is 3.34. The van der Waals surface area contributed by atoms with Gasteiger partial charge in [0.25, 0.3) is 5.91 Å². The number of carbonyl (C=O) groups excluding carboxylic acids is 1. The number of rotatable bonds is 12. The normalized spacial score (nSPS) is 11.1. The number of benzene rings is 2. The van der Waals surface area contributed by atoms with E-state index in [0.29, 0.717) is 41.9 Å². The minimum atomic E-state index is -0.0904. The molecule has 1 aromatic heterocycles. The first-order valence-corrected chi connectivity index (χ1v) is 12.0. The van der Waals surface area contributed by atoms with E-state index in [2.05, 4.69) is 6.92 Å². The van der Waals surface area contributed by atoms with Gasteiger partial charge < -0.3 is 19.1 Å². The van der Waals surface area contributed by atoms with Crippen LogP contribution in [0.5, 0.6) is 17.2 Å². The van der Waals surface area contributed by atoms with E-state index >= 15 is 0 Å². The quantitative estimate of drug-likeness (QED) is 0.343. The van der Waals surface area contributed by atoms with Gasteiger partial charge in [-0.1, -0.05) is 31.1 Å². The van der Waals surface area contributed by atoms with Crippen LogP contribution >= 0.6 is 11.3 Å². The fourth-order valence-electron chi connectivity index (χ4n) is 3.33. The van der Waals surface area contributed by atoms with Gasteiger partial charge >= 0.3 is 0 Å². The minimum absolute atomic E-state index is 0.0904. The van der Waals surface area contributed by atoms with Crippen LogP contribution in [-0.4, -0.2) is 63.8 Å². The summed E-state index contributed by atoms with van der Waals surface area (Å²) >= 11 is 1.46. The van der Waals surface area contributed by atoms with Gasteiger partial charge in [-0.25, -0.2) is 4.98 Å². The molecule has 1 heterocycles. The number of methoxy groups -OCH3 is 2. The average Bonchev–Trinajstić information content (AvgIpc) is 3.23. The van der Waals surface area contributed by atoms with Crippen LogP contribution in [0.1, 0.15) is 36.5 Å². The molecule has 0 bridgehead atoms. The second-order valence-electron chi connectivity index (χ2n) is 8.01. The molecule has 0 atom stereocenters. The Hall–Kier alpha value is -2.84. The van der Waals surface area contributed by atoms with E-state index in [9.17, 15) is 4.79 Å². The van der Waals surface area contributed by atoms with Gasteiger partial charge in [-0.15, -0.1) is 0 Å². The number of hydrogen-bond acceptors (Lipinski definition) is 7. The highest BCUT2D eigenvalue weighted by atomic mass is 32.1. The van der Waals surface area contributed by atoms with E-state index in [-0.39, 0.29) is 5.91 Å².